The first-order chi connectivity index (χ1) is 12.9. The minimum absolute atomic E-state index is 0.0776. The van der Waals surface area contributed by atoms with Crippen LogP contribution in [-0.4, -0.2) is 26.4 Å². The lowest BCUT2D eigenvalue weighted by Gasteiger charge is -2.28. The predicted octanol–water partition coefficient (Wildman–Crippen LogP) is 3.47. The van der Waals surface area contributed by atoms with Crippen LogP contribution in [0.3, 0.4) is 0 Å². The van der Waals surface area contributed by atoms with Crippen molar-refractivity contribution in [2.24, 2.45) is 0 Å². The van der Waals surface area contributed by atoms with E-state index in [4.69, 9.17) is 0 Å². The number of pyridine rings is 1. The minimum atomic E-state index is -4.43. The molecule has 0 spiro atoms. The van der Waals surface area contributed by atoms with Crippen LogP contribution in [0, 0.1) is 0 Å². The molecule has 1 aliphatic rings. The summed E-state index contributed by atoms with van der Waals surface area (Å²) in [6.45, 7) is 0.863. The third-order valence-corrected chi connectivity index (χ3v) is 5.38. The third kappa shape index (κ3) is 3.65. The molecule has 4 rings (SSSR count). The molecule has 0 saturated heterocycles. The van der Waals surface area contributed by atoms with E-state index >= 15 is 0 Å². The van der Waals surface area contributed by atoms with Crippen LogP contribution in [-0.2, 0) is 25.7 Å². The Kier molecular flexibility index (Phi) is 4.56. The number of H-pyrrole nitrogens is 1. The maximum Gasteiger partial charge on any atom is 0.416 e. The average molecular weight is 392 g/mol. The van der Waals surface area contributed by atoms with Crippen molar-refractivity contribution in [1.82, 2.24) is 19.9 Å². The number of hydrogen-bond donors (Lipinski definition) is 1. The summed E-state index contributed by atoms with van der Waals surface area (Å²) in [5, 5.41) is 1.91. The lowest BCUT2D eigenvalue weighted by molar-refractivity contribution is -0.138. The molecule has 0 unspecified atom stereocenters. The second-order valence-corrected chi connectivity index (χ2v) is 7.26. The van der Waals surface area contributed by atoms with E-state index in [2.05, 4.69) is 15.0 Å². The molecule has 0 aliphatic carbocycles. The van der Waals surface area contributed by atoms with Gasteiger partial charge in [-0.25, -0.2) is 4.98 Å². The number of thiophene rings is 1. The van der Waals surface area contributed by atoms with Crippen LogP contribution >= 0.6 is 11.3 Å². The number of aromatic amines is 1. The number of halogens is 3. The Balaban J connectivity index is 1.59. The first-order valence-corrected chi connectivity index (χ1v) is 9.18. The zero-order chi connectivity index (χ0) is 19.0. The fraction of sp³-hybridized carbons (Fsp3) is 0.278. The van der Waals surface area contributed by atoms with Crippen molar-refractivity contribution in [3.8, 4) is 10.7 Å². The summed E-state index contributed by atoms with van der Waals surface area (Å²) in [4.78, 5) is 26.3. The van der Waals surface area contributed by atoms with Gasteiger partial charge < -0.3 is 4.98 Å². The summed E-state index contributed by atoms with van der Waals surface area (Å²) in [6.07, 6.45) is -1.54. The van der Waals surface area contributed by atoms with E-state index in [1.165, 1.54) is 17.5 Å². The molecule has 9 heteroatoms. The number of alkyl halides is 3. The fourth-order valence-electron chi connectivity index (χ4n) is 3.22. The smallest absolute Gasteiger partial charge is 0.306 e. The number of fused-ring (bicyclic) bond motifs is 1. The molecule has 0 saturated carbocycles. The van der Waals surface area contributed by atoms with Crippen LogP contribution in [0.1, 0.15) is 22.4 Å². The van der Waals surface area contributed by atoms with Crippen LogP contribution < -0.4 is 5.56 Å². The van der Waals surface area contributed by atoms with Gasteiger partial charge in [0.25, 0.3) is 5.56 Å². The Morgan fingerprint density at radius 2 is 2.15 bits per heavy atom. The number of rotatable bonds is 3. The van der Waals surface area contributed by atoms with Crippen molar-refractivity contribution in [1.29, 1.82) is 0 Å². The van der Waals surface area contributed by atoms with Gasteiger partial charge in [-0.15, -0.1) is 11.3 Å². The van der Waals surface area contributed by atoms with Crippen molar-refractivity contribution < 1.29 is 13.2 Å². The van der Waals surface area contributed by atoms with Gasteiger partial charge in [-0.1, -0.05) is 6.07 Å². The zero-order valence-electron chi connectivity index (χ0n) is 14.1. The quantitative estimate of drug-likeness (QED) is 0.742. The normalized spacial score (nSPS) is 14.9. The topological polar surface area (TPSA) is 61.9 Å². The Hall–Kier alpha value is -2.52. The van der Waals surface area contributed by atoms with Crippen molar-refractivity contribution in [3.05, 3.63) is 68.7 Å². The summed E-state index contributed by atoms with van der Waals surface area (Å²) in [5.41, 5.74) is 0.395. The highest BCUT2D eigenvalue weighted by atomic mass is 32.1. The van der Waals surface area contributed by atoms with Crippen LogP contribution in [0.2, 0.25) is 0 Å². The highest BCUT2D eigenvalue weighted by Gasteiger charge is 2.34. The molecule has 5 nitrogen and oxygen atoms in total. The molecule has 0 amide bonds. The zero-order valence-corrected chi connectivity index (χ0v) is 14.9. The molecule has 0 atom stereocenters. The van der Waals surface area contributed by atoms with Crippen LogP contribution in [0.25, 0.3) is 10.7 Å². The Morgan fingerprint density at radius 1 is 1.30 bits per heavy atom. The van der Waals surface area contributed by atoms with E-state index in [9.17, 15) is 18.0 Å². The molecule has 1 aliphatic heterocycles. The Bertz CT molecular complexity index is 1010. The minimum Gasteiger partial charge on any atom is -0.306 e. The van der Waals surface area contributed by atoms with Gasteiger partial charge in [0.1, 0.15) is 0 Å². The van der Waals surface area contributed by atoms with Crippen LogP contribution in [0.15, 0.2) is 40.8 Å². The van der Waals surface area contributed by atoms with E-state index in [0.717, 1.165) is 17.1 Å². The lowest BCUT2D eigenvalue weighted by Crippen LogP contribution is -2.35. The van der Waals surface area contributed by atoms with Crippen molar-refractivity contribution in [2.75, 3.05) is 6.54 Å². The molecule has 3 aromatic rings. The molecule has 0 radical (unpaired) electrons. The number of hydrogen-bond acceptors (Lipinski definition) is 5. The van der Waals surface area contributed by atoms with Gasteiger partial charge in [-0.2, -0.15) is 13.2 Å². The van der Waals surface area contributed by atoms with Crippen LogP contribution in [0.5, 0.6) is 0 Å². The molecular formula is C18H15F3N4OS. The van der Waals surface area contributed by atoms with Gasteiger partial charge in [-0.3, -0.25) is 14.7 Å². The molecule has 0 fully saturated rings. The van der Waals surface area contributed by atoms with E-state index in [0.29, 0.717) is 30.0 Å². The van der Waals surface area contributed by atoms with E-state index in [1.54, 1.807) is 0 Å². The molecule has 4 heterocycles. The molecule has 3 aromatic heterocycles. The van der Waals surface area contributed by atoms with Gasteiger partial charge in [0, 0.05) is 38.4 Å². The lowest BCUT2D eigenvalue weighted by atomic mass is 10.0. The summed E-state index contributed by atoms with van der Waals surface area (Å²) < 4.78 is 39.5. The van der Waals surface area contributed by atoms with Crippen LogP contribution in [0.4, 0.5) is 13.2 Å². The molecule has 0 bridgehead atoms. The van der Waals surface area contributed by atoms with Crippen molar-refractivity contribution in [2.45, 2.75) is 25.7 Å². The van der Waals surface area contributed by atoms with E-state index < -0.39 is 11.7 Å². The SMILES string of the molecule is O=c1[nH]c(-c2cccs2)nc2c1CN(Cc1cnccc1C(F)(F)F)CC2. The summed E-state index contributed by atoms with van der Waals surface area (Å²) in [6, 6.07) is 4.74. The maximum absolute atomic E-state index is 13.2. The number of nitrogens with one attached hydrogen (secondary N) is 1. The summed E-state index contributed by atoms with van der Waals surface area (Å²) in [5.74, 6) is 0.536. The summed E-state index contributed by atoms with van der Waals surface area (Å²) >= 11 is 1.49. The number of nitrogens with zero attached hydrogens (tertiary/aromatic N) is 3. The molecule has 0 aromatic carbocycles. The van der Waals surface area contributed by atoms with Crippen molar-refractivity contribution >= 4 is 11.3 Å². The number of aromatic nitrogens is 3. The molecule has 27 heavy (non-hydrogen) atoms. The van der Waals surface area contributed by atoms with Gasteiger partial charge >= 0.3 is 6.18 Å². The first kappa shape index (κ1) is 17.9. The highest BCUT2D eigenvalue weighted by Crippen LogP contribution is 2.32. The van der Waals surface area contributed by atoms with Crippen molar-refractivity contribution in [3.63, 3.8) is 0 Å². The first-order valence-electron chi connectivity index (χ1n) is 8.30. The van der Waals surface area contributed by atoms with Gasteiger partial charge in [0.15, 0.2) is 5.82 Å². The third-order valence-electron chi connectivity index (χ3n) is 4.51. The van der Waals surface area contributed by atoms with E-state index in [-0.39, 0.29) is 24.2 Å². The molecular weight excluding hydrogens is 377 g/mol. The molecule has 140 valence electrons. The van der Waals surface area contributed by atoms with E-state index in [1.807, 2.05) is 22.4 Å². The summed E-state index contributed by atoms with van der Waals surface area (Å²) in [7, 11) is 0. The average Bonchev–Trinajstić information content (AvgIpc) is 3.16. The monoisotopic (exact) mass is 392 g/mol. The molecule has 1 N–H and O–H groups in total. The maximum atomic E-state index is 13.2. The second kappa shape index (κ2) is 6.90. The highest BCUT2D eigenvalue weighted by molar-refractivity contribution is 7.13. The largest absolute Gasteiger partial charge is 0.416 e. The fourth-order valence-corrected chi connectivity index (χ4v) is 3.89. The Morgan fingerprint density at radius 3 is 2.89 bits per heavy atom. The predicted molar refractivity (Wildman–Crippen MR) is 95.2 cm³/mol. The Labute approximate surface area is 156 Å². The second-order valence-electron chi connectivity index (χ2n) is 6.31. The standard InChI is InChI=1S/C18H15F3N4OS/c19-18(20,21)13-3-5-22-8-11(13)9-25-6-4-14-12(10-25)17(26)24-16(23-14)15-2-1-7-27-15/h1-3,5,7-8H,4,6,9-10H2,(H,23,24,26). The van der Waals surface area contributed by atoms with Gasteiger partial charge in [-0.05, 0) is 23.1 Å². The van der Waals surface area contributed by atoms with Gasteiger partial charge in [0.2, 0.25) is 0 Å². The van der Waals surface area contributed by atoms with Gasteiger partial charge in [0.05, 0.1) is 21.7 Å².